The number of methoxy groups -OCH3 is 4. The summed E-state index contributed by atoms with van der Waals surface area (Å²) in [6, 6.07) is 12.0. The molecule has 0 bridgehead atoms. The quantitative estimate of drug-likeness (QED) is 0.387. The van der Waals surface area contributed by atoms with Crippen LogP contribution in [0.2, 0.25) is 0 Å². The van der Waals surface area contributed by atoms with E-state index in [1.165, 1.54) is 21.3 Å². The zero-order valence-corrected chi connectivity index (χ0v) is 22.0. The lowest BCUT2D eigenvalue weighted by molar-refractivity contribution is 0.0650. The number of amides is 2. The lowest BCUT2D eigenvalue weighted by Crippen LogP contribution is -2.37. The van der Waals surface area contributed by atoms with E-state index in [0.29, 0.717) is 41.5 Å². The van der Waals surface area contributed by atoms with Gasteiger partial charge in [0.25, 0.3) is 11.8 Å². The lowest BCUT2D eigenvalue weighted by Gasteiger charge is -2.28. The number of nitrogens with zero attached hydrogens (tertiary/aromatic N) is 2. The summed E-state index contributed by atoms with van der Waals surface area (Å²) >= 11 is 0. The Morgan fingerprint density at radius 2 is 1.62 bits per heavy atom. The molecule has 2 amide bonds. The van der Waals surface area contributed by atoms with Crippen molar-refractivity contribution < 1.29 is 33.1 Å². The number of hydrogen-bond acceptors (Lipinski definition) is 8. The van der Waals surface area contributed by atoms with Crippen LogP contribution in [0.3, 0.4) is 0 Å². The second kappa shape index (κ2) is 12.7. The van der Waals surface area contributed by atoms with Crippen LogP contribution >= 0.6 is 0 Å². The maximum Gasteiger partial charge on any atom is 0.273 e. The Labute approximate surface area is 216 Å². The highest BCUT2D eigenvalue weighted by Crippen LogP contribution is 2.38. The highest BCUT2D eigenvalue weighted by atomic mass is 16.5. The number of benzene rings is 2. The molecule has 2 aromatic carbocycles. The highest BCUT2D eigenvalue weighted by Gasteiger charge is 2.26. The maximum atomic E-state index is 13.6. The first kappa shape index (κ1) is 27.4. The fourth-order valence-electron chi connectivity index (χ4n) is 3.70. The number of carbonyl (C=O) groups excluding carboxylic acids is 2. The van der Waals surface area contributed by atoms with Gasteiger partial charge in [-0.3, -0.25) is 9.59 Å². The van der Waals surface area contributed by atoms with E-state index < -0.39 is 0 Å². The predicted octanol–water partition coefficient (Wildman–Crippen LogP) is 4.08. The van der Waals surface area contributed by atoms with Crippen LogP contribution in [0.5, 0.6) is 23.0 Å². The molecule has 0 aliphatic heterocycles. The molecule has 0 aliphatic rings. The average Bonchev–Trinajstić information content (AvgIpc) is 3.42. The first-order valence-corrected chi connectivity index (χ1v) is 11.8. The first-order chi connectivity index (χ1) is 17.8. The Hall–Kier alpha value is -4.21. The minimum Gasteiger partial charge on any atom is -0.497 e. The van der Waals surface area contributed by atoms with Gasteiger partial charge in [0.05, 0.1) is 35.0 Å². The number of rotatable bonds is 12. The summed E-state index contributed by atoms with van der Waals surface area (Å²) in [5, 5.41) is 6.72. The van der Waals surface area contributed by atoms with Crippen molar-refractivity contribution in [3.63, 3.8) is 0 Å². The van der Waals surface area contributed by atoms with Gasteiger partial charge in [-0.1, -0.05) is 24.2 Å². The molecule has 10 nitrogen and oxygen atoms in total. The molecule has 1 unspecified atom stereocenters. The van der Waals surface area contributed by atoms with E-state index in [9.17, 15) is 9.59 Å². The summed E-state index contributed by atoms with van der Waals surface area (Å²) in [5.41, 5.74) is 1.41. The molecule has 0 saturated heterocycles. The Morgan fingerprint density at radius 3 is 2.16 bits per heavy atom. The van der Waals surface area contributed by atoms with Crippen molar-refractivity contribution in [1.82, 2.24) is 15.4 Å². The molecule has 10 heteroatoms. The van der Waals surface area contributed by atoms with Crippen LogP contribution in [-0.2, 0) is 13.1 Å². The topological polar surface area (TPSA) is 112 Å². The molecule has 1 aromatic heterocycles. The first-order valence-electron chi connectivity index (χ1n) is 11.8. The molecule has 1 N–H and O–H groups in total. The molecule has 3 rings (SSSR count). The largest absolute Gasteiger partial charge is 0.497 e. The van der Waals surface area contributed by atoms with Gasteiger partial charge < -0.3 is 33.7 Å². The third-order valence-electron chi connectivity index (χ3n) is 6.03. The number of nitrogens with one attached hydrogen (secondary N) is 1. The number of ether oxygens (including phenoxy) is 4. The van der Waals surface area contributed by atoms with Gasteiger partial charge in [-0.2, -0.15) is 0 Å². The molecule has 1 atom stereocenters. The van der Waals surface area contributed by atoms with Crippen molar-refractivity contribution >= 4 is 11.8 Å². The summed E-state index contributed by atoms with van der Waals surface area (Å²) in [6.07, 6.45) is 0.708. The molecule has 3 aromatic rings. The second-order valence-electron chi connectivity index (χ2n) is 8.31. The summed E-state index contributed by atoms with van der Waals surface area (Å²) in [5.74, 6) is 1.65. The molecular formula is C27H33N3O7. The fourth-order valence-corrected chi connectivity index (χ4v) is 3.70. The average molecular weight is 512 g/mol. The molecule has 0 radical (unpaired) electrons. The van der Waals surface area contributed by atoms with Gasteiger partial charge in [-0.15, -0.1) is 0 Å². The summed E-state index contributed by atoms with van der Waals surface area (Å²) in [7, 11) is 6.09. The molecule has 0 aliphatic carbocycles. The van der Waals surface area contributed by atoms with Crippen molar-refractivity contribution in [2.45, 2.75) is 39.4 Å². The van der Waals surface area contributed by atoms with Gasteiger partial charge in [-0.05, 0) is 43.2 Å². The van der Waals surface area contributed by atoms with E-state index >= 15 is 0 Å². The van der Waals surface area contributed by atoms with Crippen molar-refractivity contribution in [1.29, 1.82) is 0 Å². The number of aromatic nitrogens is 1. The van der Waals surface area contributed by atoms with Gasteiger partial charge in [-0.25, -0.2) is 0 Å². The fraction of sp³-hybridized carbons (Fsp3) is 0.370. The van der Waals surface area contributed by atoms with E-state index in [1.807, 2.05) is 38.1 Å². The Kier molecular flexibility index (Phi) is 9.37. The van der Waals surface area contributed by atoms with Crippen molar-refractivity contribution in [2.75, 3.05) is 28.4 Å². The molecule has 37 heavy (non-hydrogen) atoms. The zero-order valence-electron chi connectivity index (χ0n) is 22.0. The normalized spacial score (nSPS) is 11.4. The Morgan fingerprint density at radius 1 is 0.973 bits per heavy atom. The van der Waals surface area contributed by atoms with Crippen LogP contribution in [0.1, 0.15) is 52.4 Å². The molecule has 198 valence electrons. The predicted molar refractivity (Wildman–Crippen MR) is 136 cm³/mol. The van der Waals surface area contributed by atoms with Gasteiger partial charge >= 0.3 is 0 Å². The number of hydrogen-bond donors (Lipinski definition) is 1. The van der Waals surface area contributed by atoms with Gasteiger partial charge in [0.2, 0.25) is 5.75 Å². The van der Waals surface area contributed by atoms with E-state index in [1.54, 1.807) is 30.2 Å². The maximum absolute atomic E-state index is 13.6. The Balaban J connectivity index is 1.75. The zero-order chi connectivity index (χ0) is 26.9. The van der Waals surface area contributed by atoms with Crippen LogP contribution in [0.25, 0.3) is 0 Å². The third kappa shape index (κ3) is 6.52. The molecule has 0 fully saturated rings. The SMILES string of the molecule is CCC(C)N(Cc1cc(C(=O)NCc2ccc(OC)cc2)no1)C(=O)c1cc(OC)c(OC)c(OC)c1. The van der Waals surface area contributed by atoms with E-state index in [0.717, 1.165) is 11.3 Å². The van der Waals surface area contributed by atoms with Crippen LogP contribution < -0.4 is 24.3 Å². The summed E-state index contributed by atoms with van der Waals surface area (Å²) < 4.78 is 26.7. The van der Waals surface area contributed by atoms with Gasteiger partial charge in [0.15, 0.2) is 23.0 Å². The molecule has 0 spiro atoms. The smallest absolute Gasteiger partial charge is 0.273 e. The van der Waals surface area contributed by atoms with E-state index in [2.05, 4.69) is 10.5 Å². The lowest BCUT2D eigenvalue weighted by atomic mass is 10.1. The molecular weight excluding hydrogens is 478 g/mol. The minimum absolute atomic E-state index is 0.121. The van der Waals surface area contributed by atoms with Gasteiger partial charge in [0.1, 0.15) is 5.75 Å². The highest BCUT2D eigenvalue weighted by molar-refractivity contribution is 5.96. The summed E-state index contributed by atoms with van der Waals surface area (Å²) in [4.78, 5) is 27.8. The van der Waals surface area contributed by atoms with Crippen molar-refractivity contribution in [3.05, 3.63) is 65.0 Å². The third-order valence-corrected chi connectivity index (χ3v) is 6.03. The van der Waals surface area contributed by atoms with Crippen molar-refractivity contribution in [3.8, 4) is 23.0 Å². The van der Waals surface area contributed by atoms with Crippen LogP contribution in [0, 0.1) is 0 Å². The van der Waals surface area contributed by atoms with E-state index in [4.69, 9.17) is 23.5 Å². The van der Waals surface area contributed by atoms with Crippen LogP contribution in [-0.4, -0.2) is 56.4 Å². The minimum atomic E-state index is -0.378. The monoisotopic (exact) mass is 511 g/mol. The second-order valence-corrected chi connectivity index (χ2v) is 8.31. The molecule has 0 saturated carbocycles. The number of carbonyl (C=O) groups is 2. The molecule has 1 heterocycles. The van der Waals surface area contributed by atoms with Gasteiger partial charge in [0, 0.05) is 24.2 Å². The van der Waals surface area contributed by atoms with Crippen molar-refractivity contribution in [2.24, 2.45) is 0 Å². The standard InChI is InChI=1S/C27H33N3O7/c1-7-17(2)30(27(32)19-12-23(34-4)25(36-6)24(13-19)35-5)16-21-14-22(29-37-21)26(31)28-15-18-8-10-20(33-3)11-9-18/h8-14,17H,7,15-16H2,1-6H3,(H,28,31). The summed E-state index contributed by atoms with van der Waals surface area (Å²) in [6.45, 7) is 4.38. The van der Waals surface area contributed by atoms with Crippen LogP contribution in [0.4, 0.5) is 0 Å². The van der Waals surface area contributed by atoms with Crippen LogP contribution in [0.15, 0.2) is 47.0 Å². The Bertz CT molecular complexity index is 1180. The van der Waals surface area contributed by atoms with E-state index in [-0.39, 0.29) is 30.1 Å².